The van der Waals surface area contributed by atoms with Gasteiger partial charge in [0.1, 0.15) is 10.9 Å². The van der Waals surface area contributed by atoms with Gasteiger partial charge in [0, 0.05) is 6.54 Å². The van der Waals surface area contributed by atoms with Gasteiger partial charge in [-0.25, -0.2) is 0 Å². The molecule has 80 valence electrons. The van der Waals surface area contributed by atoms with Crippen LogP contribution in [0.5, 0.6) is 0 Å². The zero-order valence-corrected chi connectivity index (χ0v) is 9.18. The lowest BCUT2D eigenvalue weighted by molar-refractivity contribution is -0.137. The molecule has 1 aliphatic heterocycles. The van der Waals surface area contributed by atoms with Gasteiger partial charge in [-0.3, -0.25) is 9.69 Å². The fourth-order valence-corrected chi connectivity index (χ4v) is 2.22. The van der Waals surface area contributed by atoms with Crippen molar-refractivity contribution in [2.75, 3.05) is 32.2 Å². The molecule has 1 aliphatic rings. The minimum atomic E-state index is -0.890. The van der Waals surface area contributed by atoms with E-state index in [4.69, 9.17) is 22.4 Å². The van der Waals surface area contributed by atoms with E-state index in [1.165, 1.54) is 11.8 Å². The van der Waals surface area contributed by atoms with E-state index in [0.29, 0.717) is 17.5 Å². The zero-order valence-electron chi connectivity index (χ0n) is 7.55. The smallest absolute Gasteiger partial charge is 0.323 e. The molecule has 1 rings (SSSR count). The maximum absolute atomic E-state index is 10.5. The Balaban J connectivity index is 2.46. The number of thioether (sulfide) groups is 1. The molecule has 1 saturated heterocycles. The molecular formula is C7H12N2O3S2. The van der Waals surface area contributed by atoms with Crippen molar-refractivity contribution in [2.45, 2.75) is 0 Å². The van der Waals surface area contributed by atoms with Crippen molar-refractivity contribution in [1.82, 2.24) is 9.80 Å². The second-order valence-electron chi connectivity index (χ2n) is 2.89. The number of aliphatic hydroxyl groups is 1. The van der Waals surface area contributed by atoms with Crippen LogP contribution in [0.1, 0.15) is 0 Å². The predicted molar refractivity (Wildman–Crippen MR) is 58.1 cm³/mol. The average molecular weight is 236 g/mol. The summed E-state index contributed by atoms with van der Waals surface area (Å²) in [5.41, 5.74) is 0. The van der Waals surface area contributed by atoms with Crippen LogP contribution in [0.4, 0.5) is 0 Å². The van der Waals surface area contributed by atoms with Crippen molar-refractivity contribution in [3.63, 3.8) is 0 Å². The number of hydrogen-bond donors (Lipinski definition) is 2. The van der Waals surface area contributed by atoms with E-state index in [9.17, 15) is 4.79 Å². The number of aliphatic hydroxyl groups excluding tert-OH is 1. The third kappa shape index (κ3) is 3.41. The number of thiocarbonyl (C=S) groups is 1. The zero-order chi connectivity index (χ0) is 10.6. The molecule has 7 heteroatoms. The Morgan fingerprint density at radius 2 is 2.36 bits per heavy atom. The first-order valence-corrected chi connectivity index (χ1v) is 5.49. The van der Waals surface area contributed by atoms with Crippen LogP contribution in [-0.2, 0) is 4.79 Å². The van der Waals surface area contributed by atoms with Crippen molar-refractivity contribution < 1.29 is 15.0 Å². The van der Waals surface area contributed by atoms with Gasteiger partial charge in [0.25, 0.3) is 0 Å². The third-order valence-corrected chi connectivity index (χ3v) is 3.35. The molecule has 0 spiro atoms. The van der Waals surface area contributed by atoms with E-state index >= 15 is 0 Å². The lowest BCUT2D eigenvalue weighted by atomic mass is 10.5. The van der Waals surface area contributed by atoms with E-state index in [0.717, 1.165) is 5.88 Å². The van der Waals surface area contributed by atoms with E-state index in [1.54, 1.807) is 4.90 Å². The minimum absolute atomic E-state index is 0.0756. The highest BCUT2D eigenvalue weighted by Crippen LogP contribution is 2.17. The number of aliphatic carboxylic acids is 1. The second kappa shape index (κ2) is 5.50. The fraction of sp³-hybridized carbons (Fsp3) is 0.714. The number of carboxylic acids is 1. The van der Waals surface area contributed by atoms with Gasteiger partial charge in [0.05, 0.1) is 19.2 Å². The van der Waals surface area contributed by atoms with Gasteiger partial charge >= 0.3 is 5.97 Å². The van der Waals surface area contributed by atoms with Crippen LogP contribution in [0.25, 0.3) is 0 Å². The monoisotopic (exact) mass is 236 g/mol. The molecule has 2 N–H and O–H groups in total. The molecular weight excluding hydrogens is 224 g/mol. The molecule has 0 bridgehead atoms. The van der Waals surface area contributed by atoms with Crippen LogP contribution in [0.3, 0.4) is 0 Å². The minimum Gasteiger partial charge on any atom is -0.480 e. The standard InChI is InChI=1S/C7H12N2O3S2/c10-2-1-8-4-9(3-6(11)12)7(13)14-5-8/h10H,1-5H2,(H,11,12). The van der Waals surface area contributed by atoms with E-state index < -0.39 is 5.97 Å². The predicted octanol–water partition coefficient (Wildman–Crippen LogP) is -0.386. The van der Waals surface area contributed by atoms with Gasteiger partial charge in [0.15, 0.2) is 0 Å². The first-order chi connectivity index (χ1) is 6.63. The lowest BCUT2D eigenvalue weighted by Gasteiger charge is -2.35. The van der Waals surface area contributed by atoms with E-state index in [1.807, 2.05) is 4.90 Å². The first kappa shape index (κ1) is 11.7. The highest BCUT2D eigenvalue weighted by molar-refractivity contribution is 8.22. The number of hydrogen-bond acceptors (Lipinski definition) is 5. The van der Waals surface area contributed by atoms with Gasteiger partial charge in [0.2, 0.25) is 0 Å². The number of carboxylic acid groups (broad SMARTS) is 1. The maximum Gasteiger partial charge on any atom is 0.323 e. The molecule has 0 unspecified atom stereocenters. The summed E-state index contributed by atoms with van der Waals surface area (Å²) in [6.45, 7) is 1.03. The Labute approximate surface area is 91.7 Å². The highest BCUT2D eigenvalue weighted by atomic mass is 32.2. The van der Waals surface area contributed by atoms with Crippen LogP contribution >= 0.6 is 24.0 Å². The van der Waals surface area contributed by atoms with Crippen LogP contribution < -0.4 is 0 Å². The molecule has 0 aliphatic carbocycles. The Morgan fingerprint density at radius 3 is 2.93 bits per heavy atom. The lowest BCUT2D eigenvalue weighted by Crippen LogP contribution is -2.47. The van der Waals surface area contributed by atoms with Crippen molar-refractivity contribution >= 4 is 34.3 Å². The summed E-state index contributed by atoms with van der Waals surface area (Å²) in [5.74, 6) is -0.172. The molecule has 1 fully saturated rings. The normalized spacial score (nSPS) is 18.6. The number of rotatable bonds is 4. The average Bonchev–Trinajstić information content (AvgIpc) is 2.10. The van der Waals surface area contributed by atoms with Crippen molar-refractivity contribution in [1.29, 1.82) is 0 Å². The molecule has 0 atom stereocenters. The summed E-state index contributed by atoms with van der Waals surface area (Å²) in [7, 11) is 0. The Kier molecular flexibility index (Phi) is 4.59. The fourth-order valence-electron chi connectivity index (χ4n) is 1.13. The summed E-state index contributed by atoms with van der Waals surface area (Å²) >= 11 is 6.44. The van der Waals surface area contributed by atoms with Gasteiger partial charge < -0.3 is 15.1 Å². The molecule has 0 saturated carbocycles. The van der Waals surface area contributed by atoms with Crippen molar-refractivity contribution in [2.24, 2.45) is 0 Å². The second-order valence-corrected chi connectivity index (χ2v) is 4.47. The molecule has 1 heterocycles. The van der Waals surface area contributed by atoms with Crippen molar-refractivity contribution in [3.05, 3.63) is 0 Å². The quantitative estimate of drug-likeness (QED) is 0.645. The van der Waals surface area contributed by atoms with E-state index in [-0.39, 0.29) is 13.2 Å². The summed E-state index contributed by atoms with van der Waals surface area (Å²) in [6, 6.07) is 0. The Hall–Kier alpha value is -0.370. The molecule has 0 aromatic carbocycles. The number of β-amino-alcohol motifs (C(OH)–C–C–N with tert-alkyl or cyclic N) is 1. The third-order valence-electron chi connectivity index (χ3n) is 1.74. The van der Waals surface area contributed by atoms with Crippen LogP contribution in [0.15, 0.2) is 0 Å². The van der Waals surface area contributed by atoms with Gasteiger partial charge in [-0.05, 0) is 0 Å². The SMILES string of the molecule is O=C(O)CN1CN(CCO)CSC1=S. The molecule has 0 amide bonds. The van der Waals surface area contributed by atoms with Crippen LogP contribution in [0.2, 0.25) is 0 Å². The van der Waals surface area contributed by atoms with Crippen LogP contribution in [0, 0.1) is 0 Å². The summed E-state index contributed by atoms with van der Waals surface area (Å²) < 4.78 is 0.613. The summed E-state index contributed by atoms with van der Waals surface area (Å²) in [4.78, 5) is 14.1. The number of nitrogens with zero attached hydrogens (tertiary/aromatic N) is 2. The molecule has 0 aromatic rings. The largest absolute Gasteiger partial charge is 0.480 e. The molecule has 14 heavy (non-hydrogen) atoms. The molecule has 5 nitrogen and oxygen atoms in total. The molecule has 0 radical (unpaired) electrons. The van der Waals surface area contributed by atoms with E-state index in [2.05, 4.69) is 0 Å². The van der Waals surface area contributed by atoms with Gasteiger partial charge in [-0.2, -0.15) is 0 Å². The summed E-state index contributed by atoms with van der Waals surface area (Å²) in [5, 5.41) is 17.4. The summed E-state index contributed by atoms with van der Waals surface area (Å²) in [6.07, 6.45) is 0. The van der Waals surface area contributed by atoms with Gasteiger partial charge in [-0.1, -0.05) is 24.0 Å². The first-order valence-electron chi connectivity index (χ1n) is 4.10. The molecule has 0 aromatic heterocycles. The number of carbonyl (C=O) groups is 1. The highest BCUT2D eigenvalue weighted by Gasteiger charge is 2.22. The Bertz CT molecular complexity index is 237. The van der Waals surface area contributed by atoms with Crippen LogP contribution in [-0.4, -0.2) is 62.5 Å². The maximum atomic E-state index is 10.5. The topological polar surface area (TPSA) is 64.0 Å². The Morgan fingerprint density at radius 1 is 1.64 bits per heavy atom. The van der Waals surface area contributed by atoms with Crippen molar-refractivity contribution in [3.8, 4) is 0 Å². The van der Waals surface area contributed by atoms with Gasteiger partial charge in [-0.15, -0.1) is 0 Å².